The van der Waals surface area contributed by atoms with Crippen LogP contribution in [0.4, 0.5) is 8.78 Å². The number of ether oxygens (including phenoxy) is 2. The number of nitrogens with zero attached hydrogens (tertiary/aromatic N) is 3. The molecule has 2 aromatic carbocycles. The number of halogens is 2. The molecule has 1 aliphatic rings. The summed E-state index contributed by atoms with van der Waals surface area (Å²) in [5.74, 6) is 2.76. The number of aliphatic hydroxyl groups is 1. The molecule has 1 fully saturated rings. The third-order valence-electron chi connectivity index (χ3n) is 10.5. The second-order valence-electron chi connectivity index (χ2n) is 14.5. The Morgan fingerprint density at radius 2 is 1.80 bits per heavy atom. The molecular weight excluding hydrogens is 671 g/mol. The molecule has 0 amide bonds. The number of methoxy groups -OCH3 is 1. The van der Waals surface area contributed by atoms with Crippen LogP contribution in [0.3, 0.4) is 0 Å². The summed E-state index contributed by atoms with van der Waals surface area (Å²) in [4.78, 5) is 14.5. The number of rotatable bonds is 10. The maximum Gasteiger partial charge on any atom is 0.205 e. The highest BCUT2D eigenvalue weighted by atomic mass is 32.2. The Hall–Kier alpha value is -3.14. The Morgan fingerprint density at radius 3 is 2.40 bits per heavy atom. The molecule has 0 bridgehead atoms. The summed E-state index contributed by atoms with van der Waals surface area (Å²) in [7, 11) is -0.654. The van der Waals surface area contributed by atoms with Gasteiger partial charge >= 0.3 is 0 Å². The van der Waals surface area contributed by atoms with Crippen molar-refractivity contribution in [1.29, 1.82) is 0 Å². The minimum absolute atomic E-state index is 0.0104. The molecule has 3 heterocycles. The van der Waals surface area contributed by atoms with Gasteiger partial charge in [0.25, 0.3) is 0 Å². The molecule has 11 heteroatoms. The van der Waals surface area contributed by atoms with E-state index in [0.717, 1.165) is 0 Å². The second kappa shape index (κ2) is 15.2. The van der Waals surface area contributed by atoms with Crippen molar-refractivity contribution in [2.24, 2.45) is 0 Å². The maximum atomic E-state index is 17.2. The predicted molar refractivity (Wildman–Crippen MR) is 203 cm³/mol. The minimum Gasteiger partial charge on any atom is -0.468 e. The minimum atomic E-state index is -2.17. The third kappa shape index (κ3) is 7.02. The van der Waals surface area contributed by atoms with Crippen molar-refractivity contribution in [3.63, 3.8) is 0 Å². The van der Waals surface area contributed by atoms with Crippen molar-refractivity contribution in [1.82, 2.24) is 20.3 Å². The molecule has 3 unspecified atom stereocenters. The van der Waals surface area contributed by atoms with Gasteiger partial charge in [0.1, 0.15) is 30.9 Å². The van der Waals surface area contributed by atoms with Gasteiger partial charge in [-0.25, -0.2) is 18.7 Å². The van der Waals surface area contributed by atoms with Crippen LogP contribution in [0.15, 0.2) is 30.5 Å². The molecule has 5 rings (SSSR count). The summed E-state index contributed by atoms with van der Waals surface area (Å²) in [6, 6.07) is 6.56. The smallest absolute Gasteiger partial charge is 0.205 e. The monoisotopic (exact) mass is 720 g/mol. The molecule has 0 spiro atoms. The van der Waals surface area contributed by atoms with Gasteiger partial charge in [-0.05, 0) is 83.1 Å². The highest BCUT2D eigenvalue weighted by Gasteiger charge is 2.42. The number of piperidine rings is 1. The number of hydrogen-bond acceptors (Lipinski definition) is 8. The van der Waals surface area contributed by atoms with Crippen molar-refractivity contribution in [3.8, 4) is 28.5 Å². The summed E-state index contributed by atoms with van der Waals surface area (Å²) in [6.45, 7) is 17.7. The van der Waals surface area contributed by atoms with E-state index < -0.39 is 19.5 Å². The number of aryl methyl sites for hydroxylation is 1. The van der Waals surface area contributed by atoms with E-state index in [0.29, 0.717) is 74.7 Å². The van der Waals surface area contributed by atoms with Crippen molar-refractivity contribution in [3.05, 3.63) is 59.2 Å². The molecule has 1 aliphatic heterocycles. The van der Waals surface area contributed by atoms with Crippen LogP contribution < -0.4 is 10.1 Å². The fourth-order valence-electron chi connectivity index (χ4n) is 8.14. The number of pyridine rings is 1. The van der Waals surface area contributed by atoms with Crippen molar-refractivity contribution < 1.29 is 23.4 Å². The second-order valence-corrected chi connectivity index (χ2v) is 21.1. The van der Waals surface area contributed by atoms with Crippen LogP contribution in [-0.2, 0) is 11.2 Å². The number of thioether (sulfide) groups is 1. The van der Waals surface area contributed by atoms with Gasteiger partial charge in [-0.15, -0.1) is 17.3 Å². The number of fused-ring (bicyclic) bond motifs is 2. The molecule has 3 atom stereocenters. The molecule has 7 nitrogen and oxygen atoms in total. The number of hydrogen-bond donors (Lipinski definition) is 2. The van der Waals surface area contributed by atoms with Crippen LogP contribution in [0.5, 0.6) is 5.75 Å². The number of benzene rings is 2. The van der Waals surface area contributed by atoms with E-state index in [1.165, 1.54) is 13.2 Å². The van der Waals surface area contributed by atoms with E-state index in [9.17, 15) is 5.11 Å². The Morgan fingerprint density at radius 1 is 1.10 bits per heavy atom. The van der Waals surface area contributed by atoms with Gasteiger partial charge in [-0.3, -0.25) is 4.98 Å². The molecule has 2 aromatic heterocycles. The number of nitrogens with one attached hydrogen (secondary N) is 1. The summed E-state index contributed by atoms with van der Waals surface area (Å²) in [5, 5.41) is 16.4. The van der Waals surface area contributed by atoms with E-state index >= 15 is 8.78 Å². The molecule has 0 radical (unpaired) electrons. The Labute approximate surface area is 300 Å². The SMILES string of the molecule is CCc1c(F)ccc2cc(OCOC)cc(-c3ncc4c(C5CNC(SC)C(C)(O)C5)nc(C#C[Si](C(C)C)(C(C)C)C(C)C)nc4c3F)c12. The van der Waals surface area contributed by atoms with E-state index in [1.807, 2.05) is 20.1 Å². The number of aromatic nitrogens is 3. The Kier molecular flexibility index (Phi) is 11.6. The molecule has 4 aromatic rings. The first-order chi connectivity index (χ1) is 23.7. The maximum absolute atomic E-state index is 17.2. The highest BCUT2D eigenvalue weighted by Crippen LogP contribution is 2.42. The fourth-order valence-corrected chi connectivity index (χ4v) is 14.2. The van der Waals surface area contributed by atoms with Gasteiger partial charge in [-0.2, -0.15) is 0 Å². The van der Waals surface area contributed by atoms with Gasteiger partial charge in [0.15, 0.2) is 12.6 Å². The molecule has 50 heavy (non-hydrogen) atoms. The third-order valence-corrected chi connectivity index (χ3v) is 17.9. The molecule has 0 saturated carbocycles. The van der Waals surface area contributed by atoms with Crippen molar-refractivity contribution in [2.75, 3.05) is 26.7 Å². The average Bonchev–Trinajstić information content (AvgIpc) is 3.06. The van der Waals surface area contributed by atoms with Gasteiger partial charge in [0, 0.05) is 36.7 Å². The molecular formula is C39H50F2N4O3SSi. The first-order valence-electron chi connectivity index (χ1n) is 17.4. The molecule has 2 N–H and O–H groups in total. The summed E-state index contributed by atoms with van der Waals surface area (Å²) < 4.78 is 43.4. The zero-order valence-corrected chi connectivity index (χ0v) is 32.7. The van der Waals surface area contributed by atoms with Gasteiger partial charge in [-0.1, -0.05) is 54.5 Å². The van der Waals surface area contributed by atoms with Crippen LogP contribution in [0.25, 0.3) is 32.9 Å². The van der Waals surface area contributed by atoms with Gasteiger partial charge in [0.2, 0.25) is 5.82 Å². The van der Waals surface area contributed by atoms with E-state index in [1.54, 1.807) is 36.2 Å². The van der Waals surface area contributed by atoms with Gasteiger partial charge in [0.05, 0.1) is 16.7 Å². The first-order valence-corrected chi connectivity index (χ1v) is 21.0. The molecule has 1 saturated heterocycles. The summed E-state index contributed by atoms with van der Waals surface area (Å²) in [5.41, 5.74) is 5.40. The van der Waals surface area contributed by atoms with Gasteiger partial charge < -0.3 is 19.9 Å². The van der Waals surface area contributed by atoms with Crippen LogP contribution in [0, 0.1) is 23.1 Å². The molecule has 268 valence electrons. The van der Waals surface area contributed by atoms with E-state index in [2.05, 4.69) is 63.3 Å². The van der Waals surface area contributed by atoms with Crippen LogP contribution >= 0.6 is 11.8 Å². The average molecular weight is 721 g/mol. The largest absolute Gasteiger partial charge is 0.468 e. The lowest BCUT2D eigenvalue weighted by atomic mass is 9.84. The fraction of sp³-hybridized carbons (Fsp3) is 0.513. The van der Waals surface area contributed by atoms with Crippen LogP contribution in [0.1, 0.15) is 84.8 Å². The standard InChI is InChI=1S/C39H50F2N4O3SSi/c1-11-28-31(40)13-12-25-16-27(48-21-47-9)17-29(33(25)28)36-34(41)37-30(20-42-36)35(26-18-39(8,46)38(49-10)43-19-26)44-32(45-37)14-15-50(22(2)3,23(4)5)24(6)7/h12-13,16-17,20,22-24,26,38,43,46H,11,18-19,21H2,1-10H3. The van der Waals surface area contributed by atoms with E-state index in [4.69, 9.17) is 19.4 Å². The zero-order valence-electron chi connectivity index (χ0n) is 30.9. The quantitative estimate of drug-likeness (QED) is 0.0956. The van der Waals surface area contributed by atoms with Crippen LogP contribution in [-0.4, -0.2) is 65.8 Å². The normalized spacial score (nSPS) is 19.8. The van der Waals surface area contributed by atoms with Crippen molar-refractivity contribution >= 4 is 41.5 Å². The Bertz CT molecular complexity index is 1920. The Balaban J connectivity index is 1.81. The van der Waals surface area contributed by atoms with Crippen LogP contribution in [0.2, 0.25) is 16.6 Å². The first kappa shape index (κ1) is 38.1. The summed E-state index contributed by atoms with van der Waals surface area (Å²) >= 11 is 1.56. The lowest BCUT2D eigenvalue weighted by Gasteiger charge is -2.41. The summed E-state index contributed by atoms with van der Waals surface area (Å²) in [6.07, 6.45) is 4.38. The predicted octanol–water partition coefficient (Wildman–Crippen LogP) is 8.75. The zero-order chi connectivity index (χ0) is 36.5. The van der Waals surface area contributed by atoms with E-state index in [-0.39, 0.29) is 40.9 Å². The topological polar surface area (TPSA) is 89.4 Å². The molecule has 0 aliphatic carbocycles. The van der Waals surface area contributed by atoms with Crippen molar-refractivity contribution in [2.45, 2.75) is 102 Å². The lowest BCUT2D eigenvalue weighted by Crippen LogP contribution is -2.53. The highest BCUT2D eigenvalue weighted by molar-refractivity contribution is 7.99. The lowest BCUT2D eigenvalue weighted by molar-refractivity contribution is 0.0152.